The molecule has 2 aromatic carbocycles. The Bertz CT molecular complexity index is 1290. The summed E-state index contributed by atoms with van der Waals surface area (Å²) in [6, 6.07) is 13.6. The van der Waals surface area contributed by atoms with Crippen LogP contribution in [0.15, 0.2) is 47.4 Å². The summed E-state index contributed by atoms with van der Waals surface area (Å²) in [5, 5.41) is 5.95. The Kier molecular flexibility index (Phi) is 7.74. The monoisotopic (exact) mass is 540 g/mol. The van der Waals surface area contributed by atoms with Gasteiger partial charge >= 0.3 is 0 Å². The van der Waals surface area contributed by atoms with Gasteiger partial charge < -0.3 is 15.4 Å². The molecule has 0 unspecified atom stereocenters. The zero-order chi connectivity index (χ0) is 26.9. The Morgan fingerprint density at radius 3 is 2.58 bits per heavy atom. The summed E-state index contributed by atoms with van der Waals surface area (Å²) >= 11 is 0. The number of hydrogen-bond acceptors (Lipinski definition) is 6. The zero-order valence-corrected chi connectivity index (χ0v) is 22.8. The van der Waals surface area contributed by atoms with Crippen LogP contribution in [0.1, 0.15) is 43.7 Å². The zero-order valence-electron chi connectivity index (χ0n) is 22.0. The maximum Gasteiger partial charge on any atom is 0.265 e. The van der Waals surface area contributed by atoms with Crippen molar-refractivity contribution in [1.29, 1.82) is 0 Å². The number of aryl methyl sites for hydroxylation is 1. The van der Waals surface area contributed by atoms with Crippen molar-refractivity contribution in [1.82, 2.24) is 14.5 Å². The molecule has 2 saturated heterocycles. The number of sulfonamides is 1. The van der Waals surface area contributed by atoms with E-state index in [9.17, 15) is 18.0 Å². The van der Waals surface area contributed by atoms with E-state index in [2.05, 4.69) is 39.8 Å². The van der Waals surface area contributed by atoms with E-state index in [0.717, 1.165) is 32.5 Å². The number of hydrogen-bond donors (Lipinski definition) is 2. The summed E-state index contributed by atoms with van der Waals surface area (Å²) in [6.07, 6.45) is 2.36. The van der Waals surface area contributed by atoms with Gasteiger partial charge in [-0.2, -0.15) is 4.31 Å². The summed E-state index contributed by atoms with van der Waals surface area (Å²) in [5.74, 6) is -0.367. The Labute approximate surface area is 224 Å². The van der Waals surface area contributed by atoms with Crippen molar-refractivity contribution < 1.29 is 22.7 Å². The number of ether oxygens (including phenoxy) is 1. The van der Waals surface area contributed by atoms with E-state index in [0.29, 0.717) is 36.4 Å². The second-order valence-corrected chi connectivity index (χ2v) is 12.5. The highest BCUT2D eigenvalue weighted by molar-refractivity contribution is 7.89. The summed E-state index contributed by atoms with van der Waals surface area (Å²) in [4.78, 5) is 27.6. The maximum absolute atomic E-state index is 13.6. The van der Waals surface area contributed by atoms with Crippen molar-refractivity contribution >= 4 is 27.5 Å². The second-order valence-electron chi connectivity index (χ2n) is 10.6. The van der Waals surface area contributed by atoms with E-state index in [1.165, 1.54) is 15.9 Å². The topological polar surface area (TPSA) is 108 Å². The molecule has 2 aromatic rings. The first-order valence-corrected chi connectivity index (χ1v) is 14.8. The minimum absolute atomic E-state index is 0.0616. The highest BCUT2D eigenvalue weighted by atomic mass is 32.2. The third-order valence-corrected chi connectivity index (χ3v) is 9.77. The van der Waals surface area contributed by atoms with Crippen LogP contribution < -0.4 is 15.4 Å². The molecule has 0 spiro atoms. The smallest absolute Gasteiger partial charge is 0.265 e. The fourth-order valence-corrected chi connectivity index (χ4v) is 7.28. The molecule has 2 atom stereocenters. The Balaban J connectivity index is 1.19. The van der Waals surface area contributed by atoms with Crippen molar-refractivity contribution in [3.63, 3.8) is 0 Å². The molecule has 3 aliphatic rings. The number of piperidine rings is 2. The molecule has 10 heteroatoms. The van der Waals surface area contributed by atoms with Crippen molar-refractivity contribution in [2.24, 2.45) is 5.92 Å². The average molecular weight is 541 g/mol. The lowest BCUT2D eigenvalue weighted by Crippen LogP contribution is -2.50. The van der Waals surface area contributed by atoms with Crippen LogP contribution in [0, 0.1) is 12.8 Å². The third kappa shape index (κ3) is 5.72. The fraction of sp³-hybridized carbons (Fsp3) is 0.500. The standard InChI is InChI=1S/C28H36N4O5S/c1-19-15-24-25(37-20(2)27(33)30-24)16-26(19)38(35,36)32-12-6-9-22(18-32)28(34)29-23-10-13-31(14-11-23)17-21-7-4-3-5-8-21/h3-5,7-8,15-16,20,22-23H,6,9-14,17-18H2,1-2H3,(H,29,34)(H,30,33)/t20-,22-/m0/s1. The first-order valence-electron chi connectivity index (χ1n) is 13.4. The van der Waals surface area contributed by atoms with Crippen LogP contribution in [-0.4, -0.2) is 67.8 Å². The number of amides is 2. The van der Waals surface area contributed by atoms with Crippen LogP contribution in [-0.2, 0) is 26.2 Å². The number of likely N-dealkylation sites (tertiary alicyclic amines) is 1. The predicted octanol–water partition coefficient (Wildman–Crippen LogP) is 2.90. The van der Waals surface area contributed by atoms with Crippen LogP contribution in [0.3, 0.4) is 0 Å². The van der Waals surface area contributed by atoms with Gasteiger partial charge in [-0.1, -0.05) is 30.3 Å². The highest BCUT2D eigenvalue weighted by Crippen LogP contribution is 2.36. The molecule has 0 radical (unpaired) electrons. The molecule has 38 heavy (non-hydrogen) atoms. The molecule has 2 fully saturated rings. The molecule has 3 heterocycles. The number of carbonyl (C=O) groups excluding carboxylic acids is 2. The van der Waals surface area contributed by atoms with Gasteiger partial charge in [-0.3, -0.25) is 14.5 Å². The van der Waals surface area contributed by atoms with Crippen molar-refractivity contribution in [2.45, 2.75) is 63.1 Å². The number of anilines is 1. The van der Waals surface area contributed by atoms with E-state index in [-0.39, 0.29) is 35.2 Å². The minimum Gasteiger partial charge on any atom is -0.479 e. The maximum atomic E-state index is 13.6. The number of carbonyl (C=O) groups is 2. The van der Waals surface area contributed by atoms with E-state index in [4.69, 9.17) is 4.74 Å². The molecule has 0 bridgehead atoms. The lowest BCUT2D eigenvalue weighted by molar-refractivity contribution is -0.127. The lowest BCUT2D eigenvalue weighted by Gasteiger charge is -2.35. The van der Waals surface area contributed by atoms with Crippen LogP contribution in [0.25, 0.3) is 0 Å². The normalized spacial score (nSPS) is 23.3. The first kappa shape index (κ1) is 26.6. The molecule has 3 aliphatic heterocycles. The molecule has 9 nitrogen and oxygen atoms in total. The van der Waals surface area contributed by atoms with Gasteiger partial charge in [-0.05, 0) is 56.7 Å². The highest BCUT2D eigenvalue weighted by Gasteiger charge is 2.36. The van der Waals surface area contributed by atoms with Gasteiger partial charge in [-0.25, -0.2) is 8.42 Å². The van der Waals surface area contributed by atoms with Crippen LogP contribution in [0.2, 0.25) is 0 Å². The summed E-state index contributed by atoms with van der Waals surface area (Å²) < 4.78 is 34.3. The Morgan fingerprint density at radius 1 is 1.11 bits per heavy atom. The van der Waals surface area contributed by atoms with E-state index >= 15 is 0 Å². The lowest BCUT2D eigenvalue weighted by atomic mass is 9.97. The van der Waals surface area contributed by atoms with E-state index in [1.54, 1.807) is 19.9 Å². The quantitative estimate of drug-likeness (QED) is 0.584. The predicted molar refractivity (Wildman–Crippen MR) is 144 cm³/mol. The van der Waals surface area contributed by atoms with Crippen LogP contribution in [0.4, 0.5) is 5.69 Å². The van der Waals surface area contributed by atoms with Gasteiger partial charge in [0.25, 0.3) is 5.91 Å². The number of nitrogens with zero attached hydrogens (tertiary/aromatic N) is 2. The van der Waals surface area contributed by atoms with E-state index < -0.39 is 16.1 Å². The molecule has 0 saturated carbocycles. The van der Waals surface area contributed by atoms with Gasteiger partial charge in [0.05, 0.1) is 16.5 Å². The van der Waals surface area contributed by atoms with Gasteiger partial charge in [0.15, 0.2) is 6.10 Å². The molecule has 0 aromatic heterocycles. The largest absolute Gasteiger partial charge is 0.479 e. The Hall–Kier alpha value is -2.95. The molecular formula is C28H36N4O5S. The third-order valence-electron chi connectivity index (χ3n) is 7.76. The number of rotatable bonds is 6. The molecule has 204 valence electrons. The molecule has 0 aliphatic carbocycles. The number of fused-ring (bicyclic) bond motifs is 1. The minimum atomic E-state index is -3.84. The summed E-state index contributed by atoms with van der Waals surface area (Å²) in [7, 11) is -3.84. The first-order chi connectivity index (χ1) is 18.2. The molecule has 5 rings (SSSR count). The van der Waals surface area contributed by atoms with Crippen molar-refractivity contribution in [2.75, 3.05) is 31.5 Å². The van der Waals surface area contributed by atoms with Gasteiger partial charge in [0.2, 0.25) is 15.9 Å². The van der Waals surface area contributed by atoms with Crippen molar-refractivity contribution in [3.05, 3.63) is 53.6 Å². The van der Waals surface area contributed by atoms with Gasteiger partial charge in [-0.15, -0.1) is 0 Å². The molecular weight excluding hydrogens is 504 g/mol. The number of benzene rings is 2. The van der Waals surface area contributed by atoms with Gasteiger partial charge in [0, 0.05) is 44.8 Å². The SMILES string of the molecule is Cc1cc2c(cc1S(=O)(=O)N1CCC[C@H](C(=O)NC3CCN(Cc4ccccc4)CC3)C1)O[C@@H](C)C(=O)N2. The van der Waals surface area contributed by atoms with Crippen LogP contribution in [0.5, 0.6) is 5.75 Å². The van der Waals surface area contributed by atoms with Crippen LogP contribution >= 0.6 is 0 Å². The molecule has 2 N–H and O–H groups in total. The van der Waals surface area contributed by atoms with Crippen molar-refractivity contribution in [3.8, 4) is 5.75 Å². The average Bonchev–Trinajstić information content (AvgIpc) is 2.91. The second kappa shape index (κ2) is 11.0. The molecule has 2 amide bonds. The van der Waals surface area contributed by atoms with E-state index in [1.807, 2.05) is 6.07 Å². The van der Waals surface area contributed by atoms with Gasteiger partial charge in [0.1, 0.15) is 5.75 Å². The number of nitrogens with one attached hydrogen (secondary N) is 2. The summed E-state index contributed by atoms with van der Waals surface area (Å²) in [5.41, 5.74) is 2.28. The Morgan fingerprint density at radius 2 is 1.84 bits per heavy atom. The summed E-state index contributed by atoms with van der Waals surface area (Å²) in [6.45, 7) is 6.60. The fourth-order valence-electron chi connectivity index (χ4n) is 5.53.